The Bertz CT molecular complexity index is 700. The highest BCUT2D eigenvalue weighted by Gasteiger charge is 2.21. The third-order valence-corrected chi connectivity index (χ3v) is 5.10. The van der Waals surface area contributed by atoms with Crippen molar-refractivity contribution in [1.82, 2.24) is 5.32 Å². The molecule has 3 rings (SSSR count). The molecule has 2 aromatic rings. The number of carbonyl (C=O) groups excluding carboxylic acids is 1. The minimum Gasteiger partial charge on any atom is -0.445 e. The van der Waals surface area contributed by atoms with Crippen molar-refractivity contribution < 1.29 is 9.53 Å². The fourth-order valence-corrected chi connectivity index (χ4v) is 3.35. The first-order chi connectivity index (χ1) is 11.1. The van der Waals surface area contributed by atoms with Crippen molar-refractivity contribution in [3.63, 3.8) is 0 Å². The van der Waals surface area contributed by atoms with Crippen molar-refractivity contribution in [2.75, 3.05) is 0 Å². The Kier molecular flexibility index (Phi) is 5.01. The van der Waals surface area contributed by atoms with Crippen molar-refractivity contribution in [2.24, 2.45) is 0 Å². The maximum Gasteiger partial charge on any atom is 0.407 e. The maximum absolute atomic E-state index is 12.0. The first-order valence-corrected chi connectivity index (χ1v) is 8.66. The normalized spacial score (nSPS) is 16.5. The molecule has 0 radical (unpaired) electrons. The maximum atomic E-state index is 12.0. The van der Waals surface area contributed by atoms with Gasteiger partial charge in [-0.15, -0.1) is 0 Å². The molecule has 0 fully saturated rings. The van der Waals surface area contributed by atoms with Gasteiger partial charge < -0.3 is 10.1 Å². The van der Waals surface area contributed by atoms with Gasteiger partial charge in [0.15, 0.2) is 0 Å². The molecule has 23 heavy (non-hydrogen) atoms. The number of halogens is 1. The van der Waals surface area contributed by atoms with E-state index in [4.69, 9.17) is 4.74 Å². The summed E-state index contributed by atoms with van der Waals surface area (Å²) in [5, 5.41) is 2.99. The highest BCUT2D eigenvalue weighted by Crippen LogP contribution is 2.27. The van der Waals surface area contributed by atoms with Gasteiger partial charge in [0.25, 0.3) is 0 Å². The van der Waals surface area contributed by atoms with Gasteiger partial charge in [0.2, 0.25) is 0 Å². The number of amides is 1. The van der Waals surface area contributed by atoms with Gasteiger partial charge >= 0.3 is 6.09 Å². The van der Waals surface area contributed by atoms with E-state index in [1.807, 2.05) is 30.3 Å². The van der Waals surface area contributed by atoms with Gasteiger partial charge in [-0.3, -0.25) is 0 Å². The van der Waals surface area contributed by atoms with Crippen molar-refractivity contribution >= 4 is 22.0 Å². The van der Waals surface area contributed by atoms with Crippen LogP contribution in [0.3, 0.4) is 0 Å². The summed E-state index contributed by atoms with van der Waals surface area (Å²) in [5.41, 5.74) is 4.93. The van der Waals surface area contributed by atoms with Crippen LogP contribution in [0, 0.1) is 6.92 Å². The number of ether oxygens (including phenoxy) is 1. The van der Waals surface area contributed by atoms with E-state index in [9.17, 15) is 4.79 Å². The Morgan fingerprint density at radius 1 is 1.26 bits per heavy atom. The van der Waals surface area contributed by atoms with E-state index >= 15 is 0 Å². The molecule has 1 N–H and O–H groups in total. The number of carbonyl (C=O) groups is 1. The first-order valence-electron chi connectivity index (χ1n) is 7.87. The number of nitrogens with one attached hydrogen (secondary N) is 1. The van der Waals surface area contributed by atoms with Crippen LogP contribution in [0.15, 0.2) is 46.9 Å². The lowest BCUT2D eigenvalue weighted by Gasteiger charge is -2.26. The predicted octanol–water partition coefficient (Wildman–Crippen LogP) is 4.54. The zero-order chi connectivity index (χ0) is 16.2. The van der Waals surface area contributed by atoms with Crippen molar-refractivity contribution in [3.8, 4) is 0 Å². The number of hydrogen-bond acceptors (Lipinski definition) is 2. The van der Waals surface area contributed by atoms with Crippen LogP contribution < -0.4 is 5.32 Å². The van der Waals surface area contributed by atoms with Gasteiger partial charge in [-0.1, -0.05) is 52.3 Å². The quantitative estimate of drug-likeness (QED) is 0.857. The predicted molar refractivity (Wildman–Crippen MR) is 94.5 cm³/mol. The summed E-state index contributed by atoms with van der Waals surface area (Å²) < 4.78 is 6.46. The third kappa shape index (κ3) is 4.14. The molecule has 1 amide bonds. The fourth-order valence-electron chi connectivity index (χ4n) is 2.96. The summed E-state index contributed by atoms with van der Waals surface area (Å²) >= 11 is 3.58. The molecule has 0 aliphatic heterocycles. The lowest BCUT2D eigenvalue weighted by molar-refractivity contribution is 0.134. The number of hydrogen-bond donors (Lipinski definition) is 1. The van der Waals surface area contributed by atoms with Crippen LogP contribution >= 0.6 is 15.9 Å². The zero-order valence-electron chi connectivity index (χ0n) is 13.1. The second-order valence-electron chi connectivity index (χ2n) is 6.02. The van der Waals surface area contributed by atoms with Crippen LogP contribution in [0.2, 0.25) is 0 Å². The number of aryl methyl sites for hydroxylation is 2. The van der Waals surface area contributed by atoms with Crippen LogP contribution in [-0.2, 0) is 24.2 Å². The Morgan fingerprint density at radius 3 is 2.83 bits per heavy atom. The minimum atomic E-state index is -0.337. The van der Waals surface area contributed by atoms with Crippen molar-refractivity contribution in [1.29, 1.82) is 0 Å². The lowest BCUT2D eigenvalue weighted by atomic mass is 9.87. The number of rotatable bonds is 3. The SMILES string of the molecule is Cc1cc2c(cc1Br)CC[C@@H](NC(=O)OCc1ccccc1)C2. The largest absolute Gasteiger partial charge is 0.445 e. The second-order valence-corrected chi connectivity index (χ2v) is 6.87. The van der Waals surface area contributed by atoms with E-state index in [0.717, 1.165) is 29.3 Å². The van der Waals surface area contributed by atoms with E-state index in [2.05, 4.69) is 40.3 Å². The summed E-state index contributed by atoms with van der Waals surface area (Å²) in [5.74, 6) is 0. The van der Waals surface area contributed by atoms with Crippen LogP contribution in [0.5, 0.6) is 0 Å². The number of fused-ring (bicyclic) bond motifs is 1. The summed E-state index contributed by atoms with van der Waals surface area (Å²) in [4.78, 5) is 12.0. The van der Waals surface area contributed by atoms with Crippen molar-refractivity contribution in [2.45, 2.75) is 38.8 Å². The van der Waals surface area contributed by atoms with Crippen molar-refractivity contribution in [3.05, 3.63) is 69.2 Å². The molecule has 0 saturated heterocycles. The Balaban J connectivity index is 1.55. The van der Waals surface area contributed by atoms with E-state index in [0.29, 0.717) is 6.61 Å². The average molecular weight is 374 g/mol. The first kappa shape index (κ1) is 16.1. The van der Waals surface area contributed by atoms with Gasteiger partial charge in [-0.2, -0.15) is 0 Å². The van der Waals surface area contributed by atoms with Crippen LogP contribution in [0.25, 0.3) is 0 Å². The van der Waals surface area contributed by atoms with Gasteiger partial charge in [0, 0.05) is 10.5 Å². The zero-order valence-corrected chi connectivity index (χ0v) is 14.7. The Labute approximate surface area is 145 Å². The fraction of sp³-hybridized carbons (Fsp3) is 0.316. The lowest BCUT2D eigenvalue weighted by Crippen LogP contribution is -2.39. The topological polar surface area (TPSA) is 38.3 Å². The molecule has 2 aromatic carbocycles. The molecule has 120 valence electrons. The Hall–Kier alpha value is -1.81. The molecular weight excluding hydrogens is 354 g/mol. The summed E-state index contributed by atoms with van der Waals surface area (Å²) in [7, 11) is 0. The molecule has 0 heterocycles. The standard InChI is InChI=1S/C19H20BrNO2/c1-13-9-16-10-17(8-7-15(16)11-18(13)20)21-19(22)23-12-14-5-3-2-4-6-14/h2-6,9,11,17H,7-8,10,12H2,1H3,(H,21,22)/t17-/m1/s1. The smallest absolute Gasteiger partial charge is 0.407 e. The molecule has 3 nitrogen and oxygen atoms in total. The van der Waals surface area contributed by atoms with Crippen LogP contribution in [0.1, 0.15) is 28.7 Å². The molecular formula is C19H20BrNO2. The van der Waals surface area contributed by atoms with E-state index in [1.165, 1.54) is 16.7 Å². The summed E-state index contributed by atoms with van der Waals surface area (Å²) in [6.07, 6.45) is 2.46. The molecule has 0 aromatic heterocycles. The number of benzene rings is 2. The van der Waals surface area contributed by atoms with E-state index in [1.54, 1.807) is 0 Å². The highest BCUT2D eigenvalue weighted by atomic mass is 79.9. The monoisotopic (exact) mass is 373 g/mol. The molecule has 1 aliphatic rings. The molecule has 0 saturated carbocycles. The van der Waals surface area contributed by atoms with E-state index in [-0.39, 0.29) is 12.1 Å². The van der Waals surface area contributed by atoms with Crippen LogP contribution in [0.4, 0.5) is 4.79 Å². The van der Waals surface area contributed by atoms with Gasteiger partial charge in [0.1, 0.15) is 6.61 Å². The van der Waals surface area contributed by atoms with Gasteiger partial charge in [-0.25, -0.2) is 4.79 Å². The molecule has 0 unspecified atom stereocenters. The molecule has 1 atom stereocenters. The third-order valence-electron chi connectivity index (χ3n) is 4.24. The molecule has 1 aliphatic carbocycles. The molecule has 4 heteroatoms. The van der Waals surface area contributed by atoms with Gasteiger partial charge in [-0.05, 0) is 54.5 Å². The summed E-state index contributed by atoms with van der Waals surface area (Å²) in [6.45, 7) is 2.40. The van der Waals surface area contributed by atoms with E-state index < -0.39 is 0 Å². The highest BCUT2D eigenvalue weighted by molar-refractivity contribution is 9.10. The minimum absolute atomic E-state index is 0.145. The molecule has 0 spiro atoms. The average Bonchev–Trinajstić information content (AvgIpc) is 2.55. The summed E-state index contributed by atoms with van der Waals surface area (Å²) in [6, 6.07) is 14.3. The van der Waals surface area contributed by atoms with Crippen LogP contribution in [-0.4, -0.2) is 12.1 Å². The molecule has 0 bridgehead atoms. The Morgan fingerprint density at radius 2 is 2.04 bits per heavy atom. The van der Waals surface area contributed by atoms with Gasteiger partial charge in [0.05, 0.1) is 0 Å². The second kappa shape index (κ2) is 7.18. The number of alkyl carbamates (subject to hydrolysis) is 1.